The quantitative estimate of drug-likeness (QED) is 0.873. The molecule has 1 aromatic carbocycles. The van der Waals surface area contributed by atoms with Gasteiger partial charge in [-0.15, -0.1) is 0 Å². The van der Waals surface area contributed by atoms with E-state index < -0.39 is 11.6 Å². The Balaban J connectivity index is 1.93. The first-order chi connectivity index (χ1) is 9.05. The van der Waals surface area contributed by atoms with Crippen LogP contribution in [0, 0.1) is 5.92 Å². The van der Waals surface area contributed by atoms with Crippen molar-refractivity contribution in [3.05, 3.63) is 35.9 Å². The van der Waals surface area contributed by atoms with E-state index in [0.29, 0.717) is 5.92 Å². The van der Waals surface area contributed by atoms with E-state index in [1.807, 2.05) is 37.3 Å². The average molecular weight is 258 g/mol. The summed E-state index contributed by atoms with van der Waals surface area (Å²) in [6.45, 7) is 1.87. The van der Waals surface area contributed by atoms with Crippen LogP contribution in [-0.4, -0.2) is 29.3 Å². The van der Waals surface area contributed by atoms with Crippen molar-refractivity contribution in [1.29, 1.82) is 0 Å². The molecule has 1 heterocycles. The van der Waals surface area contributed by atoms with Crippen molar-refractivity contribution in [1.82, 2.24) is 10.2 Å². The molecule has 2 unspecified atom stereocenters. The Labute approximate surface area is 112 Å². The molecule has 0 bridgehead atoms. The molecule has 1 N–H and O–H groups in total. The van der Waals surface area contributed by atoms with Crippen molar-refractivity contribution < 1.29 is 9.59 Å². The summed E-state index contributed by atoms with van der Waals surface area (Å²) >= 11 is 0. The molecule has 1 aromatic rings. The Morgan fingerprint density at radius 3 is 2.42 bits per heavy atom. The highest BCUT2D eigenvalue weighted by Crippen LogP contribution is 2.45. The minimum Gasteiger partial charge on any atom is -0.338 e. The van der Waals surface area contributed by atoms with Crippen LogP contribution >= 0.6 is 0 Å². The van der Waals surface area contributed by atoms with Gasteiger partial charge in [0.15, 0.2) is 0 Å². The molecule has 1 aliphatic carbocycles. The standard InChI is InChI=1S/C15H18N2O2/c1-15(11-8-9-11)14(19)16-12(13(18)17(15)2)10-6-4-3-5-7-10/h3-7,11-12H,8-9H2,1-2H3,(H,16,19). The van der Waals surface area contributed by atoms with E-state index in [2.05, 4.69) is 5.32 Å². The SMILES string of the molecule is CN1C(=O)C(c2ccccc2)NC(=O)C1(C)C1CC1. The summed E-state index contributed by atoms with van der Waals surface area (Å²) in [5.41, 5.74) is 0.160. The lowest BCUT2D eigenvalue weighted by atomic mass is 9.87. The van der Waals surface area contributed by atoms with Crippen LogP contribution in [0.4, 0.5) is 0 Å². The van der Waals surface area contributed by atoms with Gasteiger partial charge in [0.2, 0.25) is 11.8 Å². The smallest absolute Gasteiger partial charge is 0.250 e. The Morgan fingerprint density at radius 2 is 1.84 bits per heavy atom. The number of hydrogen-bond donors (Lipinski definition) is 1. The highest BCUT2D eigenvalue weighted by Gasteiger charge is 2.55. The summed E-state index contributed by atoms with van der Waals surface area (Å²) in [6.07, 6.45) is 2.05. The number of rotatable bonds is 2. The maximum absolute atomic E-state index is 12.5. The topological polar surface area (TPSA) is 49.4 Å². The van der Waals surface area contributed by atoms with Gasteiger partial charge in [-0.3, -0.25) is 9.59 Å². The van der Waals surface area contributed by atoms with Gasteiger partial charge < -0.3 is 10.2 Å². The van der Waals surface area contributed by atoms with E-state index >= 15 is 0 Å². The Bertz CT molecular complexity index is 524. The minimum atomic E-state index is -0.678. The van der Waals surface area contributed by atoms with Gasteiger partial charge in [0.25, 0.3) is 0 Å². The number of carbonyl (C=O) groups excluding carboxylic acids is 2. The molecule has 100 valence electrons. The summed E-state index contributed by atoms with van der Waals surface area (Å²) in [5, 5.41) is 2.89. The van der Waals surface area contributed by atoms with Gasteiger partial charge in [0.05, 0.1) is 0 Å². The second kappa shape index (κ2) is 4.08. The number of nitrogens with one attached hydrogen (secondary N) is 1. The molecule has 2 atom stereocenters. The van der Waals surface area contributed by atoms with E-state index in [-0.39, 0.29) is 11.8 Å². The molecule has 1 saturated heterocycles. The molecule has 2 aliphatic rings. The molecular formula is C15H18N2O2. The van der Waals surface area contributed by atoms with Crippen molar-refractivity contribution in [2.75, 3.05) is 7.05 Å². The third-order valence-electron chi connectivity index (χ3n) is 4.51. The number of nitrogens with zero attached hydrogens (tertiary/aromatic N) is 1. The zero-order valence-electron chi connectivity index (χ0n) is 11.2. The number of carbonyl (C=O) groups is 2. The number of likely N-dealkylation sites (N-methyl/N-ethyl adjacent to an activating group) is 1. The molecule has 19 heavy (non-hydrogen) atoms. The van der Waals surface area contributed by atoms with E-state index in [9.17, 15) is 9.59 Å². The number of amides is 2. The molecule has 0 aromatic heterocycles. The number of piperazine rings is 1. The minimum absolute atomic E-state index is 0.0276. The molecule has 0 spiro atoms. The molecule has 2 fully saturated rings. The van der Waals surface area contributed by atoms with E-state index in [0.717, 1.165) is 18.4 Å². The van der Waals surface area contributed by atoms with Crippen LogP contribution in [-0.2, 0) is 9.59 Å². The van der Waals surface area contributed by atoms with Crippen molar-refractivity contribution in [2.45, 2.75) is 31.3 Å². The summed E-state index contributed by atoms with van der Waals surface area (Å²) in [4.78, 5) is 26.6. The molecule has 0 radical (unpaired) electrons. The molecular weight excluding hydrogens is 240 g/mol. The van der Waals surface area contributed by atoms with Gasteiger partial charge in [-0.1, -0.05) is 30.3 Å². The van der Waals surface area contributed by atoms with E-state index in [4.69, 9.17) is 0 Å². The Kier molecular flexibility index (Phi) is 2.62. The van der Waals surface area contributed by atoms with Crippen molar-refractivity contribution >= 4 is 11.8 Å². The first kappa shape index (κ1) is 12.2. The fourth-order valence-corrected chi connectivity index (χ4v) is 2.89. The van der Waals surface area contributed by atoms with Crippen molar-refractivity contribution in [3.63, 3.8) is 0 Å². The lowest BCUT2D eigenvalue weighted by Crippen LogP contribution is -2.66. The van der Waals surface area contributed by atoms with Crippen molar-refractivity contribution in [3.8, 4) is 0 Å². The lowest BCUT2D eigenvalue weighted by Gasteiger charge is -2.44. The van der Waals surface area contributed by atoms with Gasteiger partial charge in [-0.05, 0) is 31.2 Å². The first-order valence-electron chi connectivity index (χ1n) is 6.68. The Morgan fingerprint density at radius 1 is 1.21 bits per heavy atom. The van der Waals surface area contributed by atoms with E-state index in [1.54, 1.807) is 11.9 Å². The summed E-state index contributed by atoms with van der Waals surface area (Å²) in [7, 11) is 1.75. The van der Waals surface area contributed by atoms with Crippen LogP contribution in [0.2, 0.25) is 0 Å². The lowest BCUT2D eigenvalue weighted by molar-refractivity contribution is -0.156. The van der Waals surface area contributed by atoms with Gasteiger partial charge >= 0.3 is 0 Å². The highest BCUT2D eigenvalue weighted by molar-refractivity contribution is 6.00. The molecule has 4 nitrogen and oxygen atoms in total. The summed E-state index contributed by atoms with van der Waals surface area (Å²) in [6, 6.07) is 8.85. The number of benzene rings is 1. The average Bonchev–Trinajstić information content (AvgIpc) is 3.26. The molecule has 4 heteroatoms. The third-order valence-corrected chi connectivity index (χ3v) is 4.51. The zero-order valence-corrected chi connectivity index (χ0v) is 11.2. The highest BCUT2D eigenvalue weighted by atomic mass is 16.2. The van der Waals surface area contributed by atoms with Crippen LogP contribution in [0.3, 0.4) is 0 Å². The predicted octanol–water partition coefficient (Wildman–Crippen LogP) is 1.48. The van der Waals surface area contributed by atoms with Gasteiger partial charge in [0.1, 0.15) is 11.6 Å². The van der Waals surface area contributed by atoms with E-state index in [1.165, 1.54) is 0 Å². The van der Waals surface area contributed by atoms with Gasteiger partial charge in [-0.2, -0.15) is 0 Å². The van der Waals surface area contributed by atoms with Crippen LogP contribution < -0.4 is 5.32 Å². The normalized spacial score (nSPS) is 31.3. The largest absolute Gasteiger partial charge is 0.338 e. The summed E-state index contributed by atoms with van der Waals surface area (Å²) < 4.78 is 0. The predicted molar refractivity (Wildman–Crippen MR) is 71.2 cm³/mol. The second-order valence-electron chi connectivity index (χ2n) is 5.64. The van der Waals surface area contributed by atoms with Crippen molar-refractivity contribution in [2.24, 2.45) is 5.92 Å². The molecule has 1 aliphatic heterocycles. The van der Waals surface area contributed by atoms with Crippen LogP contribution in [0.15, 0.2) is 30.3 Å². The van der Waals surface area contributed by atoms with Gasteiger partial charge in [0, 0.05) is 7.05 Å². The maximum atomic E-state index is 12.5. The van der Waals surface area contributed by atoms with Crippen LogP contribution in [0.25, 0.3) is 0 Å². The Hall–Kier alpha value is -1.84. The van der Waals surface area contributed by atoms with Crippen LogP contribution in [0.5, 0.6) is 0 Å². The van der Waals surface area contributed by atoms with Gasteiger partial charge in [-0.25, -0.2) is 0 Å². The number of hydrogen-bond acceptors (Lipinski definition) is 2. The second-order valence-corrected chi connectivity index (χ2v) is 5.64. The first-order valence-corrected chi connectivity index (χ1v) is 6.68. The maximum Gasteiger partial charge on any atom is 0.250 e. The molecule has 2 amide bonds. The third kappa shape index (κ3) is 1.74. The zero-order chi connectivity index (χ0) is 13.6. The molecule has 3 rings (SSSR count). The van der Waals surface area contributed by atoms with Crippen LogP contribution in [0.1, 0.15) is 31.4 Å². The fraction of sp³-hybridized carbons (Fsp3) is 0.467. The fourth-order valence-electron chi connectivity index (χ4n) is 2.89. The summed E-state index contributed by atoms with van der Waals surface area (Å²) in [5.74, 6) is 0.240. The monoisotopic (exact) mass is 258 g/mol. The molecule has 1 saturated carbocycles.